The summed E-state index contributed by atoms with van der Waals surface area (Å²) in [6, 6.07) is 14.5. The quantitative estimate of drug-likeness (QED) is 0.790. The SMILES string of the molecule is N#Cc1cccc(C(=O)Nc2nc(-c3cccc(F)c3)cs2)c1. The van der Waals surface area contributed by atoms with Crippen LogP contribution in [0.5, 0.6) is 0 Å². The molecule has 0 bridgehead atoms. The monoisotopic (exact) mass is 323 g/mol. The molecule has 0 saturated heterocycles. The Morgan fingerprint density at radius 2 is 2.04 bits per heavy atom. The minimum Gasteiger partial charge on any atom is -0.298 e. The van der Waals surface area contributed by atoms with Crippen molar-refractivity contribution in [2.24, 2.45) is 0 Å². The molecule has 3 rings (SSSR count). The summed E-state index contributed by atoms with van der Waals surface area (Å²) in [7, 11) is 0. The number of nitrogens with one attached hydrogen (secondary N) is 1. The van der Waals surface area contributed by atoms with E-state index in [1.807, 2.05) is 6.07 Å². The number of anilines is 1. The third kappa shape index (κ3) is 3.42. The molecule has 0 unspecified atom stereocenters. The van der Waals surface area contributed by atoms with Crippen LogP contribution < -0.4 is 5.32 Å². The van der Waals surface area contributed by atoms with E-state index in [0.29, 0.717) is 27.5 Å². The molecule has 6 heteroatoms. The Hall–Kier alpha value is -3.04. The fourth-order valence-electron chi connectivity index (χ4n) is 2.01. The number of aromatic nitrogens is 1. The Morgan fingerprint density at radius 1 is 1.22 bits per heavy atom. The number of nitriles is 1. The van der Waals surface area contributed by atoms with Crippen molar-refractivity contribution < 1.29 is 9.18 Å². The molecule has 0 atom stereocenters. The van der Waals surface area contributed by atoms with Gasteiger partial charge in [-0.1, -0.05) is 18.2 Å². The van der Waals surface area contributed by atoms with Crippen molar-refractivity contribution in [3.05, 3.63) is 70.9 Å². The molecule has 1 N–H and O–H groups in total. The Balaban J connectivity index is 1.79. The number of halogens is 1. The topological polar surface area (TPSA) is 65.8 Å². The summed E-state index contributed by atoms with van der Waals surface area (Å²) in [5.74, 6) is -0.684. The highest BCUT2D eigenvalue weighted by Gasteiger charge is 2.11. The van der Waals surface area contributed by atoms with Crippen LogP contribution >= 0.6 is 11.3 Å². The fraction of sp³-hybridized carbons (Fsp3) is 0. The molecule has 1 heterocycles. The van der Waals surface area contributed by atoms with Crippen molar-refractivity contribution in [2.75, 3.05) is 5.32 Å². The number of amides is 1. The average molecular weight is 323 g/mol. The lowest BCUT2D eigenvalue weighted by Gasteiger charge is -2.02. The highest BCUT2D eigenvalue weighted by molar-refractivity contribution is 7.14. The Kier molecular flexibility index (Phi) is 4.13. The van der Waals surface area contributed by atoms with Gasteiger partial charge in [0.05, 0.1) is 17.3 Å². The lowest BCUT2D eigenvalue weighted by atomic mass is 10.1. The zero-order chi connectivity index (χ0) is 16.2. The van der Waals surface area contributed by atoms with E-state index in [-0.39, 0.29) is 11.7 Å². The van der Waals surface area contributed by atoms with Gasteiger partial charge in [0.2, 0.25) is 0 Å². The average Bonchev–Trinajstić information content (AvgIpc) is 3.03. The van der Waals surface area contributed by atoms with E-state index in [1.165, 1.54) is 29.5 Å². The van der Waals surface area contributed by atoms with Crippen LogP contribution in [0.1, 0.15) is 15.9 Å². The van der Waals surface area contributed by atoms with Gasteiger partial charge in [-0.15, -0.1) is 11.3 Å². The van der Waals surface area contributed by atoms with Crippen LogP contribution in [0.2, 0.25) is 0 Å². The number of nitrogens with zero attached hydrogens (tertiary/aromatic N) is 2. The fourth-order valence-corrected chi connectivity index (χ4v) is 2.73. The van der Waals surface area contributed by atoms with Crippen LogP contribution in [0.3, 0.4) is 0 Å². The van der Waals surface area contributed by atoms with Crippen molar-refractivity contribution in [3.63, 3.8) is 0 Å². The Labute approximate surface area is 135 Å². The first-order chi connectivity index (χ1) is 11.2. The molecule has 3 aromatic rings. The number of carbonyl (C=O) groups excluding carboxylic acids is 1. The zero-order valence-electron chi connectivity index (χ0n) is 11.8. The molecule has 4 nitrogen and oxygen atoms in total. The van der Waals surface area contributed by atoms with Gasteiger partial charge < -0.3 is 0 Å². The van der Waals surface area contributed by atoms with E-state index in [2.05, 4.69) is 10.3 Å². The van der Waals surface area contributed by atoms with E-state index >= 15 is 0 Å². The number of carbonyl (C=O) groups is 1. The summed E-state index contributed by atoms with van der Waals surface area (Å²) < 4.78 is 13.2. The van der Waals surface area contributed by atoms with E-state index in [9.17, 15) is 9.18 Å². The number of thiazole rings is 1. The smallest absolute Gasteiger partial charge is 0.257 e. The van der Waals surface area contributed by atoms with Crippen molar-refractivity contribution >= 4 is 22.4 Å². The predicted molar refractivity (Wildman–Crippen MR) is 86.6 cm³/mol. The van der Waals surface area contributed by atoms with Crippen molar-refractivity contribution in [3.8, 4) is 17.3 Å². The molecule has 1 aromatic heterocycles. The standard InChI is InChI=1S/C17H10FN3OS/c18-14-6-2-4-12(8-14)15-10-23-17(20-15)21-16(22)13-5-1-3-11(7-13)9-19/h1-8,10H,(H,20,21,22). The second-order valence-corrected chi connectivity index (χ2v) is 5.55. The van der Waals surface area contributed by atoms with Gasteiger partial charge in [0, 0.05) is 16.5 Å². The van der Waals surface area contributed by atoms with Crippen molar-refractivity contribution in [1.82, 2.24) is 4.98 Å². The first kappa shape index (κ1) is 14.9. The van der Waals surface area contributed by atoms with Crippen LogP contribution in [0.4, 0.5) is 9.52 Å². The zero-order valence-corrected chi connectivity index (χ0v) is 12.6. The second-order valence-electron chi connectivity index (χ2n) is 4.69. The third-order valence-electron chi connectivity index (χ3n) is 3.10. The van der Waals surface area contributed by atoms with Gasteiger partial charge in [0.25, 0.3) is 5.91 Å². The lowest BCUT2D eigenvalue weighted by Crippen LogP contribution is -2.11. The molecule has 112 valence electrons. The molecule has 0 radical (unpaired) electrons. The molecule has 0 aliphatic heterocycles. The van der Waals surface area contributed by atoms with E-state index in [4.69, 9.17) is 5.26 Å². The Bertz CT molecular complexity index is 914. The molecule has 0 spiro atoms. The molecule has 0 fully saturated rings. The number of benzene rings is 2. The molecule has 0 aliphatic rings. The highest BCUT2D eigenvalue weighted by atomic mass is 32.1. The van der Waals surface area contributed by atoms with Gasteiger partial charge in [0.1, 0.15) is 5.82 Å². The number of hydrogen-bond donors (Lipinski definition) is 1. The molecule has 23 heavy (non-hydrogen) atoms. The van der Waals surface area contributed by atoms with Gasteiger partial charge in [-0.3, -0.25) is 10.1 Å². The molecule has 1 amide bonds. The highest BCUT2D eigenvalue weighted by Crippen LogP contribution is 2.25. The lowest BCUT2D eigenvalue weighted by molar-refractivity contribution is 0.102. The number of rotatable bonds is 3. The molecular formula is C17H10FN3OS. The summed E-state index contributed by atoms with van der Waals surface area (Å²) >= 11 is 1.25. The van der Waals surface area contributed by atoms with Gasteiger partial charge in [-0.05, 0) is 30.3 Å². The van der Waals surface area contributed by atoms with Crippen LogP contribution in [0.15, 0.2) is 53.9 Å². The first-order valence-electron chi connectivity index (χ1n) is 6.69. The van der Waals surface area contributed by atoms with Gasteiger partial charge >= 0.3 is 0 Å². The molecule has 0 saturated carbocycles. The summed E-state index contributed by atoms with van der Waals surface area (Å²) in [4.78, 5) is 16.5. The molecular weight excluding hydrogens is 313 g/mol. The maximum Gasteiger partial charge on any atom is 0.257 e. The molecule has 0 aliphatic carbocycles. The predicted octanol–water partition coefficient (Wildman–Crippen LogP) is 4.07. The maximum atomic E-state index is 13.2. The van der Waals surface area contributed by atoms with Crippen LogP contribution in [0.25, 0.3) is 11.3 Å². The normalized spacial score (nSPS) is 10.1. The van der Waals surface area contributed by atoms with E-state index in [1.54, 1.807) is 35.7 Å². The largest absolute Gasteiger partial charge is 0.298 e. The third-order valence-corrected chi connectivity index (χ3v) is 3.86. The van der Waals surface area contributed by atoms with E-state index in [0.717, 1.165) is 0 Å². The minimum absolute atomic E-state index is 0.339. The number of hydrogen-bond acceptors (Lipinski definition) is 4. The van der Waals surface area contributed by atoms with Crippen LogP contribution in [-0.2, 0) is 0 Å². The summed E-state index contributed by atoms with van der Waals surface area (Å²) in [5, 5.41) is 13.7. The molecule has 2 aromatic carbocycles. The summed E-state index contributed by atoms with van der Waals surface area (Å²) in [6.07, 6.45) is 0. The summed E-state index contributed by atoms with van der Waals surface area (Å²) in [5.41, 5.74) is 2.03. The van der Waals surface area contributed by atoms with Crippen LogP contribution in [-0.4, -0.2) is 10.9 Å². The minimum atomic E-state index is -0.345. The summed E-state index contributed by atoms with van der Waals surface area (Å²) in [6.45, 7) is 0. The maximum absolute atomic E-state index is 13.2. The van der Waals surface area contributed by atoms with Gasteiger partial charge in [-0.25, -0.2) is 9.37 Å². The van der Waals surface area contributed by atoms with Crippen LogP contribution in [0, 0.1) is 17.1 Å². The van der Waals surface area contributed by atoms with Crippen molar-refractivity contribution in [2.45, 2.75) is 0 Å². The second kappa shape index (κ2) is 6.38. The van der Waals surface area contributed by atoms with Crippen molar-refractivity contribution in [1.29, 1.82) is 5.26 Å². The van der Waals surface area contributed by atoms with Gasteiger partial charge in [-0.2, -0.15) is 5.26 Å². The Morgan fingerprint density at radius 3 is 2.83 bits per heavy atom. The van der Waals surface area contributed by atoms with E-state index < -0.39 is 0 Å². The first-order valence-corrected chi connectivity index (χ1v) is 7.56. The van der Waals surface area contributed by atoms with Gasteiger partial charge in [0.15, 0.2) is 5.13 Å².